The maximum atomic E-state index is 13.6. The van der Waals surface area contributed by atoms with Crippen LogP contribution in [0.4, 0.5) is 18.0 Å². The fraction of sp³-hybridized carbons (Fsp3) is 0.938. The minimum Gasteiger partial charge on any atom is -0.444 e. The predicted molar refractivity (Wildman–Crippen MR) is 81.0 cm³/mol. The quantitative estimate of drug-likeness (QED) is 0.786. The van der Waals surface area contributed by atoms with E-state index in [9.17, 15) is 23.1 Å². The molecule has 2 atom stereocenters. The molecule has 1 aliphatic rings. The molecule has 0 aliphatic carbocycles. The molecule has 0 spiro atoms. The average Bonchev–Trinajstić information content (AvgIpc) is 2.33. The molecule has 1 heterocycles. The van der Waals surface area contributed by atoms with Crippen LogP contribution < -0.4 is 0 Å². The monoisotopic (exact) mass is 339 g/mol. The Bertz CT molecular complexity index is 421. The standard InChI is InChI=1S/C16H28F3NO3/c1-13(2,3)15(22,16(17,18)19)11-8-7-9-20(10-11)12(21)23-14(4,5)6/h11,22H,7-10H2,1-6H3/t11-,15-/m1/s1. The fourth-order valence-electron chi connectivity index (χ4n) is 3.08. The van der Waals surface area contributed by atoms with Gasteiger partial charge >= 0.3 is 12.3 Å². The van der Waals surface area contributed by atoms with Crippen molar-refractivity contribution in [1.29, 1.82) is 0 Å². The number of aliphatic hydroxyl groups is 1. The molecule has 0 aromatic heterocycles. The zero-order chi connectivity index (χ0) is 18.3. The Hall–Kier alpha value is -0.980. The summed E-state index contributed by atoms with van der Waals surface area (Å²) in [7, 11) is 0. The van der Waals surface area contributed by atoms with Gasteiger partial charge in [-0.2, -0.15) is 13.2 Å². The number of ether oxygens (including phenoxy) is 1. The van der Waals surface area contributed by atoms with Crippen LogP contribution in [0.1, 0.15) is 54.4 Å². The van der Waals surface area contributed by atoms with Gasteiger partial charge in [0, 0.05) is 19.0 Å². The number of alkyl halides is 3. The normalized spacial score (nSPS) is 23.4. The van der Waals surface area contributed by atoms with Gasteiger partial charge in [0.2, 0.25) is 0 Å². The van der Waals surface area contributed by atoms with Gasteiger partial charge in [-0.05, 0) is 39.0 Å². The Morgan fingerprint density at radius 3 is 2.04 bits per heavy atom. The minimum atomic E-state index is -4.77. The lowest BCUT2D eigenvalue weighted by Crippen LogP contribution is -2.63. The third-order valence-electron chi connectivity index (χ3n) is 4.24. The number of carbonyl (C=O) groups is 1. The van der Waals surface area contributed by atoms with Gasteiger partial charge in [0.15, 0.2) is 5.60 Å². The van der Waals surface area contributed by atoms with E-state index in [4.69, 9.17) is 4.74 Å². The van der Waals surface area contributed by atoms with Crippen LogP contribution in [0.5, 0.6) is 0 Å². The van der Waals surface area contributed by atoms with Crippen molar-refractivity contribution in [1.82, 2.24) is 4.90 Å². The maximum Gasteiger partial charge on any atom is 0.418 e. The Balaban J connectivity index is 3.02. The molecule has 7 heteroatoms. The summed E-state index contributed by atoms with van der Waals surface area (Å²) in [6.45, 7) is 9.38. The SMILES string of the molecule is CC(C)(C)OC(=O)N1CCC[C@@H]([C@@](O)(C(C)(C)C)C(F)(F)F)C1. The number of halogens is 3. The highest BCUT2D eigenvalue weighted by atomic mass is 19.4. The van der Waals surface area contributed by atoms with Crippen LogP contribution in [-0.4, -0.2) is 46.6 Å². The Labute approximate surface area is 136 Å². The van der Waals surface area contributed by atoms with Gasteiger partial charge in [-0.3, -0.25) is 0 Å². The van der Waals surface area contributed by atoms with E-state index in [2.05, 4.69) is 0 Å². The molecule has 4 nitrogen and oxygen atoms in total. The van der Waals surface area contributed by atoms with Crippen LogP contribution in [0.25, 0.3) is 0 Å². The summed E-state index contributed by atoms with van der Waals surface area (Å²) in [6.07, 6.45) is -4.79. The number of hydrogen-bond donors (Lipinski definition) is 1. The van der Waals surface area contributed by atoms with E-state index in [1.807, 2.05) is 0 Å². The highest BCUT2D eigenvalue weighted by Crippen LogP contribution is 2.50. The highest BCUT2D eigenvalue weighted by Gasteiger charge is 2.64. The zero-order valence-electron chi connectivity index (χ0n) is 14.8. The molecular weight excluding hydrogens is 311 g/mol. The van der Waals surface area contributed by atoms with Crippen molar-refractivity contribution in [3.63, 3.8) is 0 Å². The molecule has 1 amide bonds. The summed E-state index contributed by atoms with van der Waals surface area (Å²) in [5, 5.41) is 10.5. The number of amides is 1. The molecule has 0 bridgehead atoms. The summed E-state index contributed by atoms with van der Waals surface area (Å²) in [6, 6.07) is 0. The lowest BCUT2D eigenvalue weighted by molar-refractivity contribution is -0.318. The Morgan fingerprint density at radius 2 is 1.65 bits per heavy atom. The minimum absolute atomic E-state index is 0.164. The van der Waals surface area contributed by atoms with Crippen molar-refractivity contribution >= 4 is 6.09 Å². The van der Waals surface area contributed by atoms with Crippen LogP contribution in [0, 0.1) is 11.3 Å². The first-order chi connectivity index (χ1) is 10.1. The highest BCUT2D eigenvalue weighted by molar-refractivity contribution is 5.68. The van der Waals surface area contributed by atoms with Crippen LogP contribution in [-0.2, 0) is 4.74 Å². The largest absolute Gasteiger partial charge is 0.444 e. The summed E-state index contributed by atoms with van der Waals surface area (Å²) in [4.78, 5) is 13.4. The van der Waals surface area contributed by atoms with Gasteiger partial charge in [-0.15, -0.1) is 0 Å². The topological polar surface area (TPSA) is 49.8 Å². The molecular formula is C16H28F3NO3. The molecule has 1 rings (SSSR count). The van der Waals surface area contributed by atoms with E-state index in [1.165, 1.54) is 25.7 Å². The Kier molecular flexibility index (Phi) is 5.36. The van der Waals surface area contributed by atoms with Crippen molar-refractivity contribution in [2.75, 3.05) is 13.1 Å². The first-order valence-corrected chi connectivity index (χ1v) is 7.86. The smallest absolute Gasteiger partial charge is 0.418 e. The molecule has 0 aromatic carbocycles. The Morgan fingerprint density at radius 1 is 1.13 bits per heavy atom. The molecule has 1 fully saturated rings. The summed E-state index contributed by atoms with van der Waals surface area (Å²) in [5.74, 6) is -1.08. The van der Waals surface area contributed by atoms with Crippen molar-refractivity contribution in [3.05, 3.63) is 0 Å². The lowest BCUT2D eigenvalue weighted by atomic mass is 9.66. The average molecular weight is 339 g/mol. The molecule has 1 N–H and O–H groups in total. The second-order valence-corrected chi connectivity index (χ2v) is 8.28. The van der Waals surface area contributed by atoms with Crippen molar-refractivity contribution in [2.24, 2.45) is 11.3 Å². The molecule has 1 aliphatic heterocycles. The fourth-order valence-corrected chi connectivity index (χ4v) is 3.08. The second kappa shape index (κ2) is 6.15. The van der Waals surface area contributed by atoms with Crippen LogP contribution in [0.3, 0.4) is 0 Å². The zero-order valence-corrected chi connectivity index (χ0v) is 14.8. The van der Waals surface area contributed by atoms with Crippen molar-refractivity contribution in [2.45, 2.75) is 71.8 Å². The number of piperidine rings is 1. The maximum absolute atomic E-state index is 13.6. The van der Waals surface area contributed by atoms with Gasteiger partial charge in [0.1, 0.15) is 5.60 Å². The molecule has 136 valence electrons. The van der Waals surface area contributed by atoms with E-state index in [0.717, 1.165) is 0 Å². The van der Waals surface area contributed by atoms with Gasteiger partial charge in [0.05, 0.1) is 0 Å². The van der Waals surface area contributed by atoms with E-state index in [0.29, 0.717) is 13.0 Å². The number of hydrogen-bond acceptors (Lipinski definition) is 3. The van der Waals surface area contributed by atoms with E-state index >= 15 is 0 Å². The third-order valence-corrected chi connectivity index (χ3v) is 4.24. The van der Waals surface area contributed by atoms with Crippen LogP contribution >= 0.6 is 0 Å². The van der Waals surface area contributed by atoms with Gasteiger partial charge in [-0.1, -0.05) is 20.8 Å². The third kappa shape index (κ3) is 4.31. The van der Waals surface area contributed by atoms with Gasteiger partial charge in [0.25, 0.3) is 0 Å². The van der Waals surface area contributed by atoms with E-state index < -0.39 is 34.8 Å². The first-order valence-electron chi connectivity index (χ1n) is 7.86. The number of rotatable bonds is 1. The molecule has 0 unspecified atom stereocenters. The summed E-state index contributed by atoms with van der Waals surface area (Å²) < 4.78 is 46.0. The molecule has 0 aromatic rings. The predicted octanol–water partition coefficient (Wildman–Crippen LogP) is 3.97. The number of nitrogens with zero attached hydrogens (tertiary/aromatic N) is 1. The first kappa shape index (κ1) is 20.1. The van der Waals surface area contributed by atoms with Gasteiger partial charge in [-0.25, -0.2) is 4.79 Å². The van der Waals surface area contributed by atoms with E-state index in [-0.39, 0.29) is 13.0 Å². The molecule has 23 heavy (non-hydrogen) atoms. The van der Waals surface area contributed by atoms with Crippen molar-refractivity contribution in [3.8, 4) is 0 Å². The summed E-state index contributed by atoms with van der Waals surface area (Å²) >= 11 is 0. The van der Waals surface area contributed by atoms with E-state index in [1.54, 1.807) is 20.8 Å². The number of likely N-dealkylation sites (tertiary alicyclic amines) is 1. The van der Waals surface area contributed by atoms with Crippen LogP contribution in [0.15, 0.2) is 0 Å². The summed E-state index contributed by atoms with van der Waals surface area (Å²) in [5.41, 5.74) is -4.97. The second-order valence-electron chi connectivity index (χ2n) is 8.28. The van der Waals surface area contributed by atoms with Crippen molar-refractivity contribution < 1.29 is 27.8 Å². The lowest BCUT2D eigenvalue weighted by Gasteiger charge is -2.49. The van der Waals surface area contributed by atoms with Gasteiger partial charge < -0.3 is 14.7 Å². The number of carbonyl (C=O) groups excluding carboxylic acids is 1. The van der Waals surface area contributed by atoms with Crippen LogP contribution in [0.2, 0.25) is 0 Å². The molecule has 0 radical (unpaired) electrons. The molecule has 1 saturated heterocycles. The molecule has 0 saturated carbocycles.